The van der Waals surface area contributed by atoms with E-state index in [9.17, 15) is 0 Å². The Kier molecular flexibility index (Phi) is 7.50. The lowest BCUT2D eigenvalue weighted by atomic mass is 10.0. The van der Waals surface area contributed by atoms with Gasteiger partial charge in [0.25, 0.3) is 0 Å². The van der Waals surface area contributed by atoms with Gasteiger partial charge in [0, 0.05) is 12.7 Å². The fourth-order valence-corrected chi connectivity index (χ4v) is 2.56. The van der Waals surface area contributed by atoms with Crippen molar-refractivity contribution in [3.05, 3.63) is 53.9 Å². The first-order chi connectivity index (χ1) is 12.1. The molecule has 1 heterocycles. The van der Waals surface area contributed by atoms with E-state index in [4.69, 9.17) is 12.2 Å². The number of hydrogen-bond donors (Lipinski definition) is 2. The van der Waals surface area contributed by atoms with Gasteiger partial charge in [0.05, 0.1) is 11.9 Å². The molecule has 6 heteroatoms. The van der Waals surface area contributed by atoms with Crippen molar-refractivity contribution in [2.45, 2.75) is 13.3 Å². The molecular weight excluding hydrogens is 330 g/mol. The molecule has 0 aliphatic heterocycles. The van der Waals surface area contributed by atoms with Gasteiger partial charge in [-0.2, -0.15) is 5.10 Å². The predicted molar refractivity (Wildman–Crippen MR) is 109 cm³/mol. The van der Waals surface area contributed by atoms with Gasteiger partial charge in [0.1, 0.15) is 0 Å². The average Bonchev–Trinajstić information content (AvgIpc) is 2.61. The van der Waals surface area contributed by atoms with Crippen molar-refractivity contribution in [2.75, 3.05) is 27.2 Å². The van der Waals surface area contributed by atoms with Crippen LogP contribution in [-0.4, -0.2) is 48.4 Å². The van der Waals surface area contributed by atoms with Crippen molar-refractivity contribution in [1.29, 1.82) is 0 Å². The first kappa shape index (κ1) is 19.0. The number of rotatable bonds is 7. The van der Waals surface area contributed by atoms with E-state index in [0.29, 0.717) is 5.11 Å². The summed E-state index contributed by atoms with van der Waals surface area (Å²) in [5, 5.41) is 7.86. The third-order valence-corrected chi connectivity index (χ3v) is 3.98. The first-order valence-electron chi connectivity index (χ1n) is 8.30. The molecule has 2 aromatic rings. The molecule has 0 bridgehead atoms. The van der Waals surface area contributed by atoms with Gasteiger partial charge in [-0.15, -0.1) is 0 Å². The number of hydrogen-bond acceptors (Lipinski definition) is 4. The highest BCUT2D eigenvalue weighted by molar-refractivity contribution is 7.80. The number of nitrogens with one attached hydrogen (secondary N) is 2. The van der Waals surface area contributed by atoms with E-state index in [1.165, 1.54) is 5.56 Å². The number of aromatic nitrogens is 1. The lowest BCUT2D eigenvalue weighted by Crippen LogP contribution is -2.33. The maximum absolute atomic E-state index is 5.21. The van der Waals surface area contributed by atoms with Gasteiger partial charge >= 0.3 is 0 Å². The lowest BCUT2D eigenvalue weighted by molar-refractivity contribution is 0.400. The van der Waals surface area contributed by atoms with Crippen LogP contribution in [0.2, 0.25) is 0 Å². The van der Waals surface area contributed by atoms with E-state index >= 15 is 0 Å². The monoisotopic (exact) mass is 355 g/mol. The van der Waals surface area contributed by atoms with Gasteiger partial charge in [-0.1, -0.05) is 30.3 Å². The molecule has 0 saturated heterocycles. The molecule has 2 rings (SSSR count). The van der Waals surface area contributed by atoms with Crippen LogP contribution in [-0.2, 0) is 0 Å². The number of benzene rings is 1. The van der Waals surface area contributed by atoms with Crippen LogP contribution < -0.4 is 10.7 Å². The summed E-state index contributed by atoms with van der Waals surface area (Å²) in [6, 6.07) is 12.3. The summed E-state index contributed by atoms with van der Waals surface area (Å²) in [4.78, 5) is 6.54. The fraction of sp³-hybridized carbons (Fsp3) is 0.316. The zero-order valence-electron chi connectivity index (χ0n) is 15.0. The van der Waals surface area contributed by atoms with Gasteiger partial charge in [-0.3, -0.25) is 10.4 Å². The second-order valence-corrected chi connectivity index (χ2v) is 6.43. The van der Waals surface area contributed by atoms with Gasteiger partial charge in [0.2, 0.25) is 0 Å². The highest BCUT2D eigenvalue weighted by Crippen LogP contribution is 2.23. The van der Waals surface area contributed by atoms with Crippen LogP contribution in [0.25, 0.3) is 11.1 Å². The van der Waals surface area contributed by atoms with Gasteiger partial charge in [-0.25, -0.2) is 0 Å². The third kappa shape index (κ3) is 6.25. The van der Waals surface area contributed by atoms with Crippen LogP contribution in [0.4, 0.5) is 0 Å². The Morgan fingerprint density at radius 2 is 2.00 bits per heavy atom. The van der Waals surface area contributed by atoms with Crippen LogP contribution >= 0.6 is 12.2 Å². The van der Waals surface area contributed by atoms with Crippen LogP contribution in [0, 0.1) is 6.92 Å². The number of hydrazone groups is 1. The predicted octanol–water partition coefficient (Wildman–Crippen LogP) is 2.81. The average molecular weight is 356 g/mol. The highest BCUT2D eigenvalue weighted by atomic mass is 32.1. The quantitative estimate of drug-likeness (QED) is 0.346. The van der Waals surface area contributed by atoms with E-state index in [-0.39, 0.29) is 0 Å². The minimum absolute atomic E-state index is 0.520. The molecular formula is C19H25N5S. The summed E-state index contributed by atoms with van der Waals surface area (Å²) in [6.07, 6.45) is 4.53. The second kappa shape index (κ2) is 9.86. The molecule has 0 fully saturated rings. The van der Waals surface area contributed by atoms with E-state index in [1.807, 2.05) is 24.3 Å². The SMILES string of the molecule is Cc1c(-c2ccccc2)ccnc1C=NNC(=S)NCCCN(C)C. The Bertz CT molecular complexity index is 713. The molecule has 25 heavy (non-hydrogen) atoms. The summed E-state index contributed by atoms with van der Waals surface area (Å²) >= 11 is 5.21. The van der Waals surface area contributed by atoms with E-state index in [2.05, 4.69) is 58.9 Å². The Morgan fingerprint density at radius 3 is 2.72 bits per heavy atom. The molecule has 0 aliphatic rings. The smallest absolute Gasteiger partial charge is 0.186 e. The molecule has 1 aromatic carbocycles. The molecule has 1 aromatic heterocycles. The zero-order chi connectivity index (χ0) is 18.1. The van der Waals surface area contributed by atoms with E-state index in [0.717, 1.165) is 36.3 Å². The maximum Gasteiger partial charge on any atom is 0.186 e. The minimum atomic E-state index is 0.520. The van der Waals surface area contributed by atoms with Crippen LogP contribution in [0.15, 0.2) is 47.7 Å². The van der Waals surface area contributed by atoms with Crippen molar-refractivity contribution in [3.63, 3.8) is 0 Å². The Labute approximate surface area is 155 Å². The van der Waals surface area contributed by atoms with E-state index < -0.39 is 0 Å². The second-order valence-electron chi connectivity index (χ2n) is 6.02. The normalized spacial score (nSPS) is 11.0. The van der Waals surface area contributed by atoms with Gasteiger partial charge < -0.3 is 10.2 Å². The maximum atomic E-state index is 5.21. The summed E-state index contributed by atoms with van der Waals surface area (Å²) in [7, 11) is 4.11. The Hall–Kier alpha value is -2.31. The van der Waals surface area contributed by atoms with Crippen LogP contribution in [0.5, 0.6) is 0 Å². The molecule has 0 spiro atoms. The summed E-state index contributed by atoms with van der Waals surface area (Å²) < 4.78 is 0. The highest BCUT2D eigenvalue weighted by Gasteiger charge is 2.05. The fourth-order valence-electron chi connectivity index (χ4n) is 2.40. The van der Waals surface area contributed by atoms with Crippen molar-refractivity contribution in [2.24, 2.45) is 5.10 Å². The molecule has 0 amide bonds. The van der Waals surface area contributed by atoms with Crippen molar-refractivity contribution in [3.8, 4) is 11.1 Å². The van der Waals surface area contributed by atoms with Crippen molar-refractivity contribution in [1.82, 2.24) is 20.6 Å². The third-order valence-electron chi connectivity index (χ3n) is 3.75. The molecule has 0 aliphatic carbocycles. The molecule has 0 saturated carbocycles. The van der Waals surface area contributed by atoms with Crippen LogP contribution in [0.3, 0.4) is 0 Å². The zero-order valence-corrected chi connectivity index (χ0v) is 15.8. The van der Waals surface area contributed by atoms with Crippen molar-refractivity contribution >= 4 is 23.5 Å². The standard InChI is InChI=1S/C19H25N5S/c1-15-17(16-8-5-4-6-9-16)10-12-20-18(15)14-22-23-19(25)21-11-7-13-24(2)3/h4-6,8-10,12,14H,7,11,13H2,1-3H3,(H2,21,23,25). The minimum Gasteiger partial charge on any atom is -0.361 e. The summed E-state index contributed by atoms with van der Waals surface area (Å²) in [6.45, 7) is 3.89. The largest absolute Gasteiger partial charge is 0.361 e. The number of nitrogens with zero attached hydrogens (tertiary/aromatic N) is 3. The number of thiocarbonyl (C=S) groups is 1. The van der Waals surface area contributed by atoms with Crippen LogP contribution in [0.1, 0.15) is 17.7 Å². The summed E-state index contributed by atoms with van der Waals surface area (Å²) in [5.41, 5.74) is 7.08. The Morgan fingerprint density at radius 1 is 1.24 bits per heavy atom. The molecule has 0 radical (unpaired) electrons. The molecule has 0 unspecified atom stereocenters. The van der Waals surface area contributed by atoms with Gasteiger partial charge in [-0.05, 0) is 69.0 Å². The first-order valence-corrected chi connectivity index (χ1v) is 8.71. The van der Waals surface area contributed by atoms with E-state index in [1.54, 1.807) is 12.4 Å². The van der Waals surface area contributed by atoms with Gasteiger partial charge in [0.15, 0.2) is 5.11 Å². The number of pyridine rings is 1. The van der Waals surface area contributed by atoms with Crippen molar-refractivity contribution < 1.29 is 0 Å². The Balaban J connectivity index is 1.92. The molecule has 5 nitrogen and oxygen atoms in total. The summed E-state index contributed by atoms with van der Waals surface area (Å²) in [5.74, 6) is 0. The topological polar surface area (TPSA) is 52.6 Å². The lowest BCUT2D eigenvalue weighted by Gasteiger charge is -2.11. The molecule has 132 valence electrons. The molecule has 2 N–H and O–H groups in total. The molecule has 0 atom stereocenters.